The Balaban J connectivity index is 1.66. The lowest BCUT2D eigenvalue weighted by Gasteiger charge is -2.27. The maximum atomic E-state index is 10.7. The largest absolute Gasteiger partial charge is 0.388 e. The van der Waals surface area contributed by atoms with Gasteiger partial charge in [0.15, 0.2) is 0 Å². The van der Waals surface area contributed by atoms with Crippen molar-refractivity contribution in [1.82, 2.24) is 4.98 Å². The molecule has 2 fully saturated rings. The molecule has 2 nitrogen and oxygen atoms in total. The second-order valence-corrected chi connectivity index (χ2v) is 6.69. The number of benzene rings is 1. The number of rotatable bonds is 2. The van der Waals surface area contributed by atoms with Gasteiger partial charge in [-0.25, -0.2) is 0 Å². The summed E-state index contributed by atoms with van der Waals surface area (Å²) < 4.78 is 0. The van der Waals surface area contributed by atoms with Crippen LogP contribution in [0.15, 0.2) is 30.3 Å². The van der Waals surface area contributed by atoms with Crippen LogP contribution in [0.3, 0.4) is 0 Å². The molecule has 2 heteroatoms. The lowest BCUT2D eigenvalue weighted by Crippen LogP contribution is -2.19. The Morgan fingerprint density at radius 2 is 2.05 bits per heavy atom. The lowest BCUT2D eigenvalue weighted by atomic mass is 9.82. The highest BCUT2D eigenvalue weighted by Crippen LogP contribution is 2.52. The Kier molecular flexibility index (Phi) is 2.81. The molecule has 4 unspecified atom stereocenters. The van der Waals surface area contributed by atoms with E-state index in [2.05, 4.69) is 23.2 Å². The third kappa shape index (κ3) is 1.94. The van der Waals surface area contributed by atoms with Crippen LogP contribution < -0.4 is 0 Å². The second-order valence-electron chi connectivity index (χ2n) is 6.69. The van der Waals surface area contributed by atoms with E-state index in [4.69, 9.17) is 0 Å². The molecule has 20 heavy (non-hydrogen) atoms. The Morgan fingerprint density at radius 1 is 1.15 bits per heavy atom. The quantitative estimate of drug-likeness (QED) is 0.891. The number of nitrogens with zero attached hydrogens (tertiary/aromatic N) is 1. The number of fused-ring (bicyclic) bond motifs is 3. The normalized spacial score (nSPS) is 30.0. The first-order valence-corrected chi connectivity index (χ1v) is 7.76. The summed E-state index contributed by atoms with van der Waals surface area (Å²) in [5, 5.41) is 11.9. The molecule has 4 atom stereocenters. The van der Waals surface area contributed by atoms with Gasteiger partial charge in [0, 0.05) is 11.1 Å². The fraction of sp³-hybridized carbons (Fsp3) is 0.500. The van der Waals surface area contributed by atoms with Crippen LogP contribution in [0.25, 0.3) is 10.9 Å². The molecular formula is C18H21NO. The minimum Gasteiger partial charge on any atom is -0.388 e. The highest BCUT2D eigenvalue weighted by atomic mass is 16.3. The smallest absolute Gasteiger partial charge is 0.0821 e. The van der Waals surface area contributed by atoms with Crippen molar-refractivity contribution in [1.29, 1.82) is 0 Å². The van der Waals surface area contributed by atoms with Crippen molar-refractivity contribution < 1.29 is 5.11 Å². The van der Waals surface area contributed by atoms with Crippen molar-refractivity contribution in [3.05, 3.63) is 41.6 Å². The molecule has 1 heterocycles. The van der Waals surface area contributed by atoms with Gasteiger partial charge in [-0.2, -0.15) is 0 Å². The third-order valence-corrected chi connectivity index (χ3v) is 5.39. The fourth-order valence-corrected chi connectivity index (χ4v) is 4.36. The van der Waals surface area contributed by atoms with Crippen molar-refractivity contribution in [2.75, 3.05) is 0 Å². The van der Waals surface area contributed by atoms with Gasteiger partial charge in [0.25, 0.3) is 0 Å². The molecule has 0 saturated heterocycles. The van der Waals surface area contributed by atoms with Crippen LogP contribution in [0.5, 0.6) is 0 Å². The van der Waals surface area contributed by atoms with Crippen LogP contribution in [-0.2, 0) is 0 Å². The molecule has 1 aromatic carbocycles. The van der Waals surface area contributed by atoms with Crippen molar-refractivity contribution in [3.63, 3.8) is 0 Å². The van der Waals surface area contributed by atoms with Gasteiger partial charge < -0.3 is 5.11 Å². The molecule has 0 radical (unpaired) electrons. The number of aliphatic hydroxyl groups is 1. The predicted octanol–water partition coefficient (Wildman–Crippen LogP) is 4.01. The highest BCUT2D eigenvalue weighted by Gasteiger charge is 2.42. The summed E-state index contributed by atoms with van der Waals surface area (Å²) in [4.78, 5) is 4.53. The van der Waals surface area contributed by atoms with Crippen LogP contribution >= 0.6 is 0 Å². The molecule has 0 spiro atoms. The summed E-state index contributed by atoms with van der Waals surface area (Å²) >= 11 is 0. The van der Waals surface area contributed by atoms with E-state index in [0.29, 0.717) is 5.92 Å². The zero-order valence-electron chi connectivity index (χ0n) is 11.9. The monoisotopic (exact) mass is 267 g/mol. The van der Waals surface area contributed by atoms with Crippen molar-refractivity contribution in [2.45, 2.75) is 38.7 Å². The van der Waals surface area contributed by atoms with E-state index in [1.54, 1.807) is 0 Å². The van der Waals surface area contributed by atoms with Crippen molar-refractivity contribution >= 4 is 10.9 Å². The van der Waals surface area contributed by atoms with Crippen LogP contribution in [0, 0.1) is 24.7 Å². The van der Waals surface area contributed by atoms with Gasteiger partial charge in [0.05, 0.1) is 11.6 Å². The molecular weight excluding hydrogens is 246 g/mol. The molecule has 4 rings (SSSR count). The van der Waals surface area contributed by atoms with Crippen LogP contribution in [-0.4, -0.2) is 10.1 Å². The SMILES string of the molecule is Cc1ccc2cc(C(O)C3CC4CCC3C4)ccc2n1. The Bertz CT molecular complexity index is 651. The summed E-state index contributed by atoms with van der Waals surface area (Å²) in [6.07, 6.45) is 4.97. The Labute approximate surface area is 119 Å². The van der Waals surface area contributed by atoms with Crippen LogP contribution in [0.4, 0.5) is 0 Å². The van der Waals surface area contributed by atoms with Crippen molar-refractivity contribution in [3.8, 4) is 0 Å². The van der Waals surface area contributed by atoms with E-state index in [-0.39, 0.29) is 6.10 Å². The average Bonchev–Trinajstić information content (AvgIpc) is 3.08. The molecule has 2 aromatic rings. The number of aromatic nitrogens is 1. The standard InChI is InChI=1S/C18H21NO/c1-11-2-4-14-10-15(6-7-17(14)19-11)18(20)16-9-12-3-5-13(16)8-12/h2,4,6-7,10,12-13,16,18,20H,3,5,8-9H2,1H3. The Hall–Kier alpha value is -1.41. The van der Waals surface area contributed by atoms with Gasteiger partial charge >= 0.3 is 0 Å². The van der Waals surface area contributed by atoms with E-state index < -0.39 is 0 Å². The van der Waals surface area contributed by atoms with E-state index in [1.165, 1.54) is 25.7 Å². The first-order valence-electron chi connectivity index (χ1n) is 7.76. The van der Waals surface area contributed by atoms with Crippen LogP contribution in [0.1, 0.15) is 43.0 Å². The minimum absolute atomic E-state index is 0.295. The van der Waals surface area contributed by atoms with E-state index in [0.717, 1.165) is 34.0 Å². The van der Waals surface area contributed by atoms with Crippen molar-refractivity contribution in [2.24, 2.45) is 17.8 Å². The minimum atomic E-state index is -0.295. The second kappa shape index (κ2) is 4.56. The number of pyridine rings is 1. The molecule has 2 saturated carbocycles. The lowest BCUT2D eigenvalue weighted by molar-refractivity contribution is 0.0746. The van der Waals surface area contributed by atoms with Gasteiger partial charge in [-0.1, -0.05) is 18.6 Å². The molecule has 1 N–H and O–H groups in total. The van der Waals surface area contributed by atoms with Crippen LogP contribution in [0.2, 0.25) is 0 Å². The summed E-state index contributed by atoms with van der Waals surface area (Å²) in [6.45, 7) is 2.01. The van der Waals surface area contributed by atoms with E-state index in [9.17, 15) is 5.11 Å². The molecule has 104 valence electrons. The molecule has 2 aliphatic carbocycles. The molecule has 1 aromatic heterocycles. The van der Waals surface area contributed by atoms with Gasteiger partial charge in [-0.05, 0) is 67.7 Å². The maximum absolute atomic E-state index is 10.7. The number of hydrogen-bond donors (Lipinski definition) is 1. The van der Waals surface area contributed by atoms with Gasteiger partial charge in [-0.15, -0.1) is 0 Å². The van der Waals surface area contributed by atoms with E-state index >= 15 is 0 Å². The zero-order valence-corrected chi connectivity index (χ0v) is 11.9. The third-order valence-electron chi connectivity index (χ3n) is 5.39. The Morgan fingerprint density at radius 3 is 2.80 bits per heavy atom. The molecule has 0 aliphatic heterocycles. The van der Waals surface area contributed by atoms with Gasteiger partial charge in [0.1, 0.15) is 0 Å². The zero-order chi connectivity index (χ0) is 13.7. The first kappa shape index (κ1) is 12.3. The average molecular weight is 267 g/mol. The number of aryl methyl sites for hydroxylation is 1. The maximum Gasteiger partial charge on any atom is 0.0821 e. The van der Waals surface area contributed by atoms with E-state index in [1.807, 2.05) is 19.1 Å². The van der Waals surface area contributed by atoms with Gasteiger partial charge in [-0.3, -0.25) is 4.98 Å². The summed E-state index contributed by atoms with van der Waals surface area (Å²) in [7, 11) is 0. The summed E-state index contributed by atoms with van der Waals surface area (Å²) in [5.41, 5.74) is 3.13. The highest BCUT2D eigenvalue weighted by molar-refractivity contribution is 5.79. The molecule has 2 bridgehead atoms. The number of aliphatic hydroxyl groups excluding tert-OH is 1. The summed E-state index contributed by atoms with van der Waals surface area (Å²) in [5.74, 6) is 2.11. The topological polar surface area (TPSA) is 33.1 Å². The summed E-state index contributed by atoms with van der Waals surface area (Å²) in [6, 6.07) is 10.4. The fourth-order valence-electron chi connectivity index (χ4n) is 4.36. The molecule has 2 aliphatic rings. The number of hydrogen-bond acceptors (Lipinski definition) is 2. The first-order chi connectivity index (χ1) is 9.70. The molecule has 0 amide bonds. The van der Waals surface area contributed by atoms with Gasteiger partial charge in [0.2, 0.25) is 0 Å². The predicted molar refractivity (Wildman–Crippen MR) is 80.4 cm³/mol.